The lowest BCUT2D eigenvalue weighted by Gasteiger charge is -2.18. The van der Waals surface area contributed by atoms with Gasteiger partial charge in [-0.2, -0.15) is 0 Å². The van der Waals surface area contributed by atoms with Crippen LogP contribution in [0.3, 0.4) is 0 Å². The molecule has 1 atom stereocenters. The molecule has 0 heterocycles. The van der Waals surface area contributed by atoms with E-state index in [1.165, 1.54) is 89.9 Å². The average Bonchev–Trinajstić information content (AvgIpc) is 2.76. The fraction of sp³-hybridized carbons (Fsp3) is 0.769. The van der Waals surface area contributed by atoms with Gasteiger partial charge in [-0.25, -0.2) is 4.57 Å². The highest BCUT2D eigenvalue weighted by Gasteiger charge is 2.22. The zero-order valence-corrected chi connectivity index (χ0v) is 21.2. The Bertz CT molecular complexity index is 575. The second-order valence-electron chi connectivity index (χ2n) is 8.93. The van der Waals surface area contributed by atoms with E-state index in [4.69, 9.17) is 19.0 Å². The maximum atomic E-state index is 11.2. The summed E-state index contributed by atoms with van der Waals surface area (Å²) >= 11 is 0. The molecule has 1 unspecified atom stereocenters. The molecule has 0 radical (unpaired) electrons. The topological polar surface area (TPSA) is 76.0 Å². The normalized spacial score (nSPS) is 12.7. The third-order valence-electron chi connectivity index (χ3n) is 5.85. The van der Waals surface area contributed by atoms with Crippen molar-refractivity contribution in [1.82, 2.24) is 0 Å². The third-order valence-corrected chi connectivity index (χ3v) is 6.42. The van der Waals surface area contributed by atoms with E-state index < -0.39 is 13.9 Å². The molecule has 5 nitrogen and oxygen atoms in total. The second kappa shape index (κ2) is 19.6. The summed E-state index contributed by atoms with van der Waals surface area (Å²) in [7, 11) is -4.51. The van der Waals surface area contributed by atoms with Crippen molar-refractivity contribution in [3.63, 3.8) is 0 Å². The second-order valence-corrected chi connectivity index (χ2v) is 10.1. The van der Waals surface area contributed by atoms with Crippen molar-refractivity contribution in [2.24, 2.45) is 0 Å². The Morgan fingerprint density at radius 2 is 1.16 bits per heavy atom. The highest BCUT2D eigenvalue weighted by Crippen LogP contribution is 2.38. The standard InChI is InChI=1S/C26H47O5P/c1-2-3-4-5-6-7-8-9-10-11-12-13-14-15-16-18-23-26(31-32(27,28)29)24-30-25-21-19-17-20-22-25/h17,19-22,26H,2-16,18,23-24H2,1H3,(H2,27,28,29). The maximum Gasteiger partial charge on any atom is 0.469 e. The van der Waals surface area contributed by atoms with Gasteiger partial charge in [0.1, 0.15) is 18.5 Å². The van der Waals surface area contributed by atoms with Gasteiger partial charge in [-0.15, -0.1) is 0 Å². The summed E-state index contributed by atoms with van der Waals surface area (Å²) in [5, 5.41) is 0. The number of benzene rings is 1. The van der Waals surface area contributed by atoms with Crippen LogP contribution >= 0.6 is 7.82 Å². The van der Waals surface area contributed by atoms with E-state index in [0.717, 1.165) is 12.8 Å². The van der Waals surface area contributed by atoms with Crippen molar-refractivity contribution in [1.29, 1.82) is 0 Å². The van der Waals surface area contributed by atoms with Gasteiger partial charge in [-0.1, -0.05) is 128 Å². The molecule has 0 saturated heterocycles. The predicted molar refractivity (Wildman–Crippen MR) is 133 cm³/mol. The van der Waals surface area contributed by atoms with Crippen LogP contribution in [0.2, 0.25) is 0 Å². The first-order valence-electron chi connectivity index (χ1n) is 12.9. The van der Waals surface area contributed by atoms with Crippen molar-refractivity contribution in [2.45, 2.75) is 122 Å². The Balaban J connectivity index is 1.98. The lowest BCUT2D eigenvalue weighted by molar-refractivity contribution is 0.0818. The zero-order chi connectivity index (χ0) is 23.3. The summed E-state index contributed by atoms with van der Waals surface area (Å²) in [5.41, 5.74) is 0. The molecule has 0 aliphatic carbocycles. The van der Waals surface area contributed by atoms with Crippen LogP contribution in [0.1, 0.15) is 116 Å². The molecule has 0 amide bonds. The van der Waals surface area contributed by atoms with Crippen LogP contribution in [-0.2, 0) is 9.09 Å². The molecule has 0 aliphatic rings. The van der Waals surface area contributed by atoms with E-state index in [2.05, 4.69) is 6.92 Å². The minimum Gasteiger partial charge on any atom is -0.491 e. The molecular formula is C26H47O5P. The van der Waals surface area contributed by atoms with Gasteiger partial charge in [0.25, 0.3) is 0 Å². The van der Waals surface area contributed by atoms with Crippen LogP contribution in [0.5, 0.6) is 5.75 Å². The SMILES string of the molecule is CCCCCCCCCCCCCCCCCCC(COc1ccccc1)OP(=O)(O)O. The Labute approximate surface area is 196 Å². The van der Waals surface area contributed by atoms with Crippen molar-refractivity contribution < 1.29 is 23.6 Å². The highest BCUT2D eigenvalue weighted by atomic mass is 31.2. The van der Waals surface area contributed by atoms with Gasteiger partial charge in [0.2, 0.25) is 0 Å². The molecule has 32 heavy (non-hydrogen) atoms. The molecule has 1 rings (SSSR count). The number of hydrogen-bond acceptors (Lipinski definition) is 3. The number of phosphoric acid groups is 1. The van der Waals surface area contributed by atoms with E-state index in [0.29, 0.717) is 12.2 Å². The Kier molecular flexibility index (Phi) is 17.8. The summed E-state index contributed by atoms with van der Waals surface area (Å²) in [4.78, 5) is 18.3. The molecule has 1 aromatic rings. The van der Waals surface area contributed by atoms with Gasteiger partial charge in [0.05, 0.1) is 0 Å². The molecule has 0 aromatic heterocycles. The van der Waals surface area contributed by atoms with Crippen LogP contribution in [0.4, 0.5) is 0 Å². The van der Waals surface area contributed by atoms with E-state index in [1.54, 1.807) is 0 Å². The molecule has 0 fully saturated rings. The maximum absolute atomic E-state index is 11.2. The van der Waals surface area contributed by atoms with Gasteiger partial charge in [-0.3, -0.25) is 4.52 Å². The Hall–Kier alpha value is -0.870. The summed E-state index contributed by atoms with van der Waals surface area (Å²) < 4.78 is 21.8. The molecular weight excluding hydrogens is 423 g/mol. The minimum absolute atomic E-state index is 0.147. The fourth-order valence-electron chi connectivity index (χ4n) is 3.99. The number of phosphoric ester groups is 1. The molecule has 0 saturated carbocycles. The van der Waals surface area contributed by atoms with Gasteiger partial charge < -0.3 is 14.5 Å². The summed E-state index contributed by atoms with van der Waals surface area (Å²) in [5.74, 6) is 0.679. The van der Waals surface area contributed by atoms with E-state index in [1.807, 2.05) is 30.3 Å². The van der Waals surface area contributed by atoms with Crippen molar-refractivity contribution in [2.75, 3.05) is 6.61 Å². The number of hydrogen-bond donors (Lipinski definition) is 2. The van der Waals surface area contributed by atoms with Gasteiger partial charge in [-0.05, 0) is 18.6 Å². The van der Waals surface area contributed by atoms with Crippen LogP contribution in [-0.4, -0.2) is 22.5 Å². The number of unbranched alkanes of at least 4 members (excludes halogenated alkanes) is 15. The molecule has 186 valence electrons. The van der Waals surface area contributed by atoms with Crippen LogP contribution in [0.15, 0.2) is 30.3 Å². The quantitative estimate of drug-likeness (QED) is 0.132. The van der Waals surface area contributed by atoms with Crippen molar-refractivity contribution in [3.8, 4) is 5.75 Å². The Morgan fingerprint density at radius 1 is 0.719 bits per heavy atom. The Morgan fingerprint density at radius 3 is 1.59 bits per heavy atom. The lowest BCUT2D eigenvalue weighted by Crippen LogP contribution is -2.20. The highest BCUT2D eigenvalue weighted by molar-refractivity contribution is 7.46. The average molecular weight is 471 g/mol. The predicted octanol–water partition coefficient (Wildman–Crippen LogP) is 8.19. The largest absolute Gasteiger partial charge is 0.491 e. The van der Waals surface area contributed by atoms with Crippen LogP contribution in [0.25, 0.3) is 0 Å². The number of para-hydroxylation sites is 1. The summed E-state index contributed by atoms with van der Waals surface area (Å²) in [6.45, 7) is 2.41. The van der Waals surface area contributed by atoms with E-state index >= 15 is 0 Å². The molecule has 6 heteroatoms. The molecule has 2 N–H and O–H groups in total. The van der Waals surface area contributed by atoms with Crippen molar-refractivity contribution in [3.05, 3.63) is 30.3 Å². The molecule has 0 bridgehead atoms. The summed E-state index contributed by atoms with van der Waals surface area (Å²) in [6.07, 6.45) is 20.9. The molecule has 0 aliphatic heterocycles. The number of rotatable bonds is 22. The molecule has 1 aromatic carbocycles. The lowest BCUT2D eigenvalue weighted by atomic mass is 10.0. The van der Waals surface area contributed by atoms with Gasteiger partial charge in [0, 0.05) is 0 Å². The van der Waals surface area contributed by atoms with Gasteiger partial charge >= 0.3 is 7.82 Å². The van der Waals surface area contributed by atoms with E-state index in [-0.39, 0.29) is 6.61 Å². The zero-order valence-electron chi connectivity index (χ0n) is 20.3. The number of ether oxygens (including phenoxy) is 1. The van der Waals surface area contributed by atoms with Crippen LogP contribution in [0, 0.1) is 0 Å². The molecule has 0 spiro atoms. The van der Waals surface area contributed by atoms with E-state index in [9.17, 15) is 4.57 Å². The fourth-order valence-corrected chi connectivity index (χ4v) is 4.54. The monoisotopic (exact) mass is 470 g/mol. The smallest absolute Gasteiger partial charge is 0.469 e. The third kappa shape index (κ3) is 18.7. The first kappa shape index (κ1) is 29.2. The first-order valence-corrected chi connectivity index (χ1v) is 14.5. The summed E-state index contributed by atoms with van der Waals surface area (Å²) in [6, 6.07) is 9.27. The van der Waals surface area contributed by atoms with Crippen LogP contribution < -0.4 is 4.74 Å². The minimum atomic E-state index is -4.51. The van der Waals surface area contributed by atoms with Crippen molar-refractivity contribution >= 4 is 7.82 Å². The van der Waals surface area contributed by atoms with Gasteiger partial charge in [0.15, 0.2) is 0 Å². The first-order chi connectivity index (χ1) is 15.5.